The number of halogens is 2. The number of aryl methyl sites for hydroxylation is 1. The highest BCUT2D eigenvalue weighted by atomic mass is 19.1. The zero-order valence-electron chi connectivity index (χ0n) is 22.7. The second-order valence-electron chi connectivity index (χ2n) is 11.9. The van der Waals surface area contributed by atoms with Gasteiger partial charge in [0.2, 0.25) is 0 Å². The van der Waals surface area contributed by atoms with Crippen molar-refractivity contribution in [1.29, 1.82) is 0 Å². The molecule has 0 unspecified atom stereocenters. The molecule has 1 aromatic carbocycles. The Hall–Kier alpha value is -2.38. The number of hydrogen-bond donors (Lipinski definition) is 3. The van der Waals surface area contributed by atoms with Gasteiger partial charge in [0.1, 0.15) is 11.5 Å². The predicted molar refractivity (Wildman–Crippen MR) is 142 cm³/mol. The molecule has 4 rings (SSSR count). The van der Waals surface area contributed by atoms with Gasteiger partial charge in [-0.2, -0.15) is 0 Å². The van der Waals surface area contributed by atoms with Crippen molar-refractivity contribution in [2.75, 3.05) is 6.54 Å². The van der Waals surface area contributed by atoms with Gasteiger partial charge in [-0.3, -0.25) is 9.59 Å². The molecule has 1 amide bonds. The van der Waals surface area contributed by atoms with Gasteiger partial charge in [0.25, 0.3) is 5.91 Å². The van der Waals surface area contributed by atoms with Crippen LogP contribution in [0.4, 0.5) is 8.78 Å². The lowest BCUT2D eigenvalue weighted by Gasteiger charge is -2.57. The van der Waals surface area contributed by atoms with Crippen LogP contribution in [0.15, 0.2) is 48.1 Å². The molecule has 0 saturated heterocycles. The van der Waals surface area contributed by atoms with Gasteiger partial charge in [-0.25, -0.2) is 8.78 Å². The lowest BCUT2D eigenvalue weighted by Crippen LogP contribution is -2.66. The Morgan fingerprint density at radius 1 is 1.26 bits per heavy atom. The second-order valence-corrected chi connectivity index (χ2v) is 11.9. The molecule has 0 radical (unpaired) electrons. The van der Waals surface area contributed by atoms with Crippen LogP contribution in [0.5, 0.6) is 0 Å². The quantitative estimate of drug-likeness (QED) is 0.327. The molecule has 0 aromatic heterocycles. The van der Waals surface area contributed by atoms with E-state index in [1.165, 1.54) is 24.3 Å². The fraction of sp³-hybridized carbons (Fsp3) is 0.613. The number of allylic oxidation sites excluding steroid dienone is 4. The molecule has 1 aromatic rings. The Morgan fingerprint density at radius 2 is 2.03 bits per heavy atom. The maximum absolute atomic E-state index is 16.6. The Kier molecular flexibility index (Phi) is 8.29. The zero-order valence-corrected chi connectivity index (χ0v) is 22.7. The fourth-order valence-corrected chi connectivity index (χ4v) is 7.60. The summed E-state index contributed by atoms with van der Waals surface area (Å²) in [5.41, 5.74) is -3.08. The predicted octanol–water partition coefficient (Wildman–Crippen LogP) is 5.00. The van der Waals surface area contributed by atoms with Crippen molar-refractivity contribution in [2.24, 2.45) is 23.2 Å². The van der Waals surface area contributed by atoms with Gasteiger partial charge in [0.15, 0.2) is 11.4 Å². The summed E-state index contributed by atoms with van der Waals surface area (Å²) in [4.78, 5) is 25.7. The molecular formula is C31H41F2NO4. The number of carbonyl (C=O) groups excluding carboxylic acids is 2. The molecule has 3 N–H and O–H groups in total. The minimum absolute atomic E-state index is 0.00377. The summed E-state index contributed by atoms with van der Waals surface area (Å²) in [7, 11) is 0. The third-order valence-corrected chi connectivity index (χ3v) is 9.58. The number of ketones is 1. The molecular weight excluding hydrogens is 488 g/mol. The van der Waals surface area contributed by atoms with Crippen LogP contribution in [0.1, 0.15) is 71.3 Å². The number of rotatable bonds is 8. The van der Waals surface area contributed by atoms with Gasteiger partial charge in [-0.05, 0) is 92.5 Å². The largest absolute Gasteiger partial charge is 0.390 e. The summed E-state index contributed by atoms with van der Waals surface area (Å²) in [5, 5.41) is 25.9. The fourth-order valence-electron chi connectivity index (χ4n) is 7.60. The van der Waals surface area contributed by atoms with Gasteiger partial charge < -0.3 is 15.5 Å². The Balaban J connectivity index is 1.47. The molecule has 7 atom stereocenters. The van der Waals surface area contributed by atoms with Crippen LogP contribution in [0.2, 0.25) is 0 Å². The van der Waals surface area contributed by atoms with Crippen molar-refractivity contribution in [3.8, 4) is 0 Å². The smallest absolute Gasteiger partial charge is 0.252 e. The number of hydrogen-bond acceptors (Lipinski definition) is 4. The minimum atomic E-state index is -1.89. The first-order chi connectivity index (χ1) is 18.0. The average Bonchev–Trinajstić information content (AvgIpc) is 3.06. The summed E-state index contributed by atoms with van der Waals surface area (Å²) < 4.78 is 30.0. The van der Waals surface area contributed by atoms with Gasteiger partial charge in [0.05, 0.1) is 6.10 Å². The highest BCUT2D eigenvalue weighted by Crippen LogP contribution is 2.66. The number of fused-ring (bicyclic) bond motifs is 3. The molecule has 0 bridgehead atoms. The van der Waals surface area contributed by atoms with Crippen LogP contribution in [-0.4, -0.2) is 45.8 Å². The minimum Gasteiger partial charge on any atom is -0.390 e. The normalized spacial score (nSPS) is 37.7. The second kappa shape index (κ2) is 11.0. The number of carbonyl (C=O) groups is 2. The highest BCUT2D eigenvalue weighted by Gasteiger charge is 2.72. The lowest BCUT2D eigenvalue weighted by molar-refractivity contribution is -0.199. The van der Waals surface area contributed by atoms with Gasteiger partial charge in [-0.1, -0.05) is 44.6 Å². The van der Waals surface area contributed by atoms with Crippen LogP contribution < -0.4 is 5.32 Å². The number of benzene rings is 1. The lowest BCUT2D eigenvalue weighted by atomic mass is 9.51. The third-order valence-electron chi connectivity index (χ3n) is 9.58. The molecule has 7 heteroatoms. The Labute approximate surface area is 224 Å². The topological polar surface area (TPSA) is 86.6 Å². The molecule has 208 valence electrons. The molecule has 3 aliphatic carbocycles. The van der Waals surface area contributed by atoms with E-state index in [1.54, 1.807) is 12.1 Å². The van der Waals surface area contributed by atoms with Crippen LogP contribution in [0.25, 0.3) is 0 Å². The molecule has 3 saturated carbocycles. The van der Waals surface area contributed by atoms with Crippen molar-refractivity contribution in [3.05, 3.63) is 59.4 Å². The standard InChI is InChI=1S/C31H41F2NO4/c1-4-5-11-24(35)17-22-12-13-25-26-15-20(2)31(38,29(26,3)19-27(36)30(25,33)18-22)28(37)34-14-7-9-21-8-6-10-23(32)16-21/h5-6,8,10-11,16-17,20,25-27,36,38H,4,7,9,12-15,18-19H2,1-3H3,(H,34,37)/b11-5-,22-17-/t20-,25+,26+,27+,29+,30+,31+/m1/s1. The van der Waals surface area contributed by atoms with Gasteiger partial charge >= 0.3 is 0 Å². The van der Waals surface area contributed by atoms with Crippen molar-refractivity contribution < 1.29 is 28.6 Å². The average molecular weight is 530 g/mol. The van der Waals surface area contributed by atoms with Crippen LogP contribution >= 0.6 is 0 Å². The van der Waals surface area contributed by atoms with Gasteiger partial charge in [-0.15, -0.1) is 0 Å². The first kappa shape index (κ1) is 28.6. The van der Waals surface area contributed by atoms with E-state index in [2.05, 4.69) is 5.32 Å². The Bertz CT molecular complexity index is 1120. The number of aliphatic hydroxyl groups excluding tert-OH is 1. The SMILES string of the molecule is CC/C=C\C(=O)/C=C1/CC[C@H]2[C@@H]3C[C@@H](C)[C@](O)(C(=O)NCCCc4cccc(F)c4)[C@@]3(C)C[C@H](O)[C@]2(F)C1. The van der Waals surface area contributed by atoms with Crippen LogP contribution in [0, 0.1) is 29.0 Å². The number of nitrogens with one attached hydrogen (secondary N) is 1. The molecule has 0 aliphatic heterocycles. The highest BCUT2D eigenvalue weighted by molar-refractivity contribution is 5.99. The maximum atomic E-state index is 16.6. The molecule has 3 fully saturated rings. The van der Waals surface area contributed by atoms with E-state index in [1.807, 2.05) is 26.8 Å². The zero-order chi connectivity index (χ0) is 27.7. The molecule has 5 nitrogen and oxygen atoms in total. The number of alkyl halides is 1. The first-order valence-corrected chi connectivity index (χ1v) is 14.0. The van der Waals surface area contributed by atoms with E-state index < -0.39 is 40.5 Å². The van der Waals surface area contributed by atoms with Crippen LogP contribution in [-0.2, 0) is 16.0 Å². The number of aliphatic hydroxyl groups is 2. The van der Waals surface area contributed by atoms with Crippen molar-refractivity contribution in [2.45, 2.75) is 89.5 Å². The van der Waals surface area contributed by atoms with E-state index in [0.29, 0.717) is 44.2 Å². The summed E-state index contributed by atoms with van der Waals surface area (Å²) in [6, 6.07) is 6.34. The van der Waals surface area contributed by atoms with E-state index >= 15 is 4.39 Å². The summed E-state index contributed by atoms with van der Waals surface area (Å²) >= 11 is 0. The molecule has 0 heterocycles. The van der Waals surface area contributed by atoms with E-state index in [4.69, 9.17) is 0 Å². The van der Waals surface area contributed by atoms with E-state index in [-0.39, 0.29) is 30.4 Å². The van der Waals surface area contributed by atoms with Crippen molar-refractivity contribution in [1.82, 2.24) is 5.32 Å². The third kappa shape index (κ3) is 5.00. The first-order valence-electron chi connectivity index (χ1n) is 14.0. The maximum Gasteiger partial charge on any atom is 0.252 e. The molecule has 38 heavy (non-hydrogen) atoms. The molecule has 0 spiro atoms. The van der Waals surface area contributed by atoms with Gasteiger partial charge in [0, 0.05) is 18.4 Å². The summed E-state index contributed by atoms with van der Waals surface area (Å²) in [6.45, 7) is 5.90. The van der Waals surface area contributed by atoms with E-state index in [9.17, 15) is 24.2 Å². The summed E-state index contributed by atoms with van der Waals surface area (Å²) in [6.07, 6.45) is 6.79. The summed E-state index contributed by atoms with van der Waals surface area (Å²) in [5.74, 6) is -2.15. The van der Waals surface area contributed by atoms with Crippen LogP contribution in [0.3, 0.4) is 0 Å². The monoisotopic (exact) mass is 529 g/mol. The number of amides is 1. The van der Waals surface area contributed by atoms with E-state index in [0.717, 1.165) is 12.0 Å². The van der Waals surface area contributed by atoms with Crippen molar-refractivity contribution in [3.63, 3.8) is 0 Å². The Morgan fingerprint density at radius 3 is 2.74 bits per heavy atom. The van der Waals surface area contributed by atoms with Crippen molar-refractivity contribution >= 4 is 11.7 Å². The molecule has 3 aliphatic rings.